The number of fused-ring (bicyclic) bond motifs is 3. The first kappa shape index (κ1) is 25.0. The van der Waals surface area contributed by atoms with Crippen molar-refractivity contribution in [2.75, 3.05) is 7.11 Å². The molecule has 6 rings (SSSR count). The van der Waals surface area contributed by atoms with Crippen LogP contribution in [0.25, 0.3) is 22.3 Å². The van der Waals surface area contributed by atoms with Crippen molar-refractivity contribution in [2.24, 2.45) is 10.9 Å². The molecule has 1 aliphatic carbocycles. The average molecular weight is 536 g/mol. The molecule has 0 aromatic heterocycles. The highest BCUT2D eigenvalue weighted by Gasteiger charge is 2.40. The minimum Gasteiger partial charge on any atom is -0.493 e. The zero-order chi connectivity index (χ0) is 27.1. The van der Waals surface area contributed by atoms with E-state index < -0.39 is 5.97 Å². The third-order valence-corrected chi connectivity index (χ3v) is 7.82. The number of nitrogens with zero attached hydrogens (tertiary/aromatic N) is 1. The molecule has 2 unspecified atom stereocenters. The Labute approximate surface area is 232 Å². The first-order valence-corrected chi connectivity index (χ1v) is 13.1. The lowest BCUT2D eigenvalue weighted by Crippen LogP contribution is -2.28. The van der Waals surface area contributed by atoms with Gasteiger partial charge in [-0.05, 0) is 64.9 Å². The maximum Gasteiger partial charge on any atom is 0.335 e. The van der Waals surface area contributed by atoms with Gasteiger partial charge in [0.25, 0.3) is 0 Å². The monoisotopic (exact) mass is 535 g/mol. The third-order valence-electron chi connectivity index (χ3n) is 7.51. The summed E-state index contributed by atoms with van der Waals surface area (Å²) in [7, 11) is 1.52. The lowest BCUT2D eigenvalue weighted by atomic mass is 9.65. The molecule has 0 saturated heterocycles. The van der Waals surface area contributed by atoms with Crippen molar-refractivity contribution in [2.45, 2.75) is 18.8 Å². The van der Waals surface area contributed by atoms with Gasteiger partial charge in [0.05, 0.1) is 18.4 Å². The molecule has 4 aromatic rings. The van der Waals surface area contributed by atoms with E-state index in [0.29, 0.717) is 28.8 Å². The van der Waals surface area contributed by atoms with Crippen molar-refractivity contribution in [3.63, 3.8) is 0 Å². The number of rotatable bonds is 5. The van der Waals surface area contributed by atoms with E-state index >= 15 is 0 Å². The van der Waals surface area contributed by atoms with Crippen molar-refractivity contribution in [3.05, 3.63) is 113 Å². The maximum absolute atomic E-state index is 11.6. The van der Waals surface area contributed by atoms with E-state index in [0.717, 1.165) is 45.5 Å². The molecule has 0 spiro atoms. The molecule has 1 N–H and O–H groups in total. The van der Waals surface area contributed by atoms with E-state index in [2.05, 4.69) is 43.0 Å². The Hall–Kier alpha value is -4.35. The highest BCUT2D eigenvalue weighted by Crippen LogP contribution is 2.54. The minimum atomic E-state index is -1.04. The zero-order valence-electron chi connectivity index (χ0n) is 21.4. The number of aromatic carboxylic acids is 1. The largest absolute Gasteiger partial charge is 0.493 e. The van der Waals surface area contributed by atoms with Crippen LogP contribution >= 0.6 is 11.6 Å². The normalized spacial score (nSPS) is 17.7. The number of allylic oxidation sites excluding steroid dienone is 1. The van der Waals surface area contributed by atoms with Gasteiger partial charge >= 0.3 is 5.97 Å². The number of ether oxygens (including phenoxy) is 2. The number of halogens is 1. The Morgan fingerprint density at radius 3 is 2.33 bits per heavy atom. The molecule has 2 atom stereocenters. The summed E-state index contributed by atoms with van der Waals surface area (Å²) in [6.45, 7) is 4.28. The zero-order valence-corrected chi connectivity index (χ0v) is 22.1. The molecule has 1 fully saturated rings. The van der Waals surface area contributed by atoms with Gasteiger partial charge in [0, 0.05) is 22.9 Å². The predicted octanol–water partition coefficient (Wildman–Crippen LogP) is 8.55. The van der Waals surface area contributed by atoms with Crippen LogP contribution in [0.15, 0.2) is 102 Å². The van der Waals surface area contributed by atoms with E-state index in [1.165, 1.54) is 19.2 Å². The van der Waals surface area contributed by atoms with E-state index in [1.54, 1.807) is 6.07 Å². The highest BCUT2D eigenvalue weighted by atomic mass is 35.5. The minimum absolute atomic E-state index is 0.114. The molecule has 4 aromatic carbocycles. The van der Waals surface area contributed by atoms with Crippen LogP contribution < -0.4 is 9.47 Å². The molecule has 1 aliphatic heterocycles. The van der Waals surface area contributed by atoms with Crippen molar-refractivity contribution in [1.82, 2.24) is 0 Å². The van der Waals surface area contributed by atoms with Crippen LogP contribution in [-0.2, 0) is 0 Å². The predicted molar refractivity (Wildman–Crippen MR) is 155 cm³/mol. The number of methoxy groups -OCH3 is 1. The van der Waals surface area contributed by atoms with Crippen molar-refractivity contribution in [1.29, 1.82) is 0 Å². The lowest BCUT2D eigenvalue weighted by Gasteiger charge is -2.39. The van der Waals surface area contributed by atoms with Gasteiger partial charge in [-0.25, -0.2) is 9.79 Å². The number of hydrogen-bond donors (Lipinski definition) is 1. The third kappa shape index (κ3) is 4.70. The van der Waals surface area contributed by atoms with Crippen LogP contribution in [0.1, 0.15) is 34.7 Å². The van der Waals surface area contributed by atoms with Crippen LogP contribution in [0.5, 0.6) is 11.5 Å². The topological polar surface area (TPSA) is 68.1 Å². The number of aliphatic imine (C=N–C) groups is 1. The van der Waals surface area contributed by atoms with Gasteiger partial charge in [0.2, 0.25) is 0 Å². The average Bonchev–Trinajstić information content (AvgIpc) is 3.05. The fourth-order valence-corrected chi connectivity index (χ4v) is 5.80. The van der Waals surface area contributed by atoms with E-state index in [1.807, 2.05) is 30.3 Å². The van der Waals surface area contributed by atoms with Crippen molar-refractivity contribution < 1.29 is 19.4 Å². The van der Waals surface area contributed by atoms with Gasteiger partial charge in [0.15, 0.2) is 17.4 Å². The Balaban J connectivity index is 1.40. The summed E-state index contributed by atoms with van der Waals surface area (Å²) in [5.41, 5.74) is 7.23. The van der Waals surface area contributed by atoms with Crippen LogP contribution in [0, 0.1) is 5.92 Å². The Bertz CT molecular complexity index is 1630. The van der Waals surface area contributed by atoms with Crippen molar-refractivity contribution in [3.8, 4) is 33.8 Å². The number of carboxylic acid groups (broad SMARTS) is 1. The quantitative estimate of drug-likeness (QED) is 0.260. The first-order valence-electron chi connectivity index (χ1n) is 12.7. The standard InChI is InChI=1S/C33H26ClNO4/c1-19-14-24-16-31(39-30-15-23(33(36)37)12-13-29(30)38-2)35-28-18-25(27(34)17-26(28)32(19)24)22-10-8-21(9-11-22)20-6-4-3-5-7-20/h3-13,15,17-18,24,32H,1,14,16H2,2H3,(H,36,37). The smallest absolute Gasteiger partial charge is 0.335 e. The summed E-state index contributed by atoms with van der Waals surface area (Å²) in [6.07, 6.45) is 1.47. The summed E-state index contributed by atoms with van der Waals surface area (Å²) < 4.78 is 11.7. The van der Waals surface area contributed by atoms with Crippen LogP contribution in [-0.4, -0.2) is 24.1 Å². The Morgan fingerprint density at radius 2 is 1.64 bits per heavy atom. The molecular formula is C33H26ClNO4. The molecule has 6 heteroatoms. The molecular weight excluding hydrogens is 510 g/mol. The van der Waals surface area contributed by atoms with Gasteiger partial charge in [-0.15, -0.1) is 0 Å². The molecule has 0 radical (unpaired) electrons. The van der Waals surface area contributed by atoms with Crippen molar-refractivity contribution >= 4 is 29.2 Å². The van der Waals surface area contributed by atoms with E-state index in [4.69, 9.17) is 26.1 Å². The van der Waals surface area contributed by atoms with Crippen LogP contribution in [0.2, 0.25) is 5.02 Å². The van der Waals surface area contributed by atoms with Gasteiger partial charge in [-0.2, -0.15) is 0 Å². The first-order chi connectivity index (χ1) is 18.9. The number of hydrogen-bond acceptors (Lipinski definition) is 4. The van der Waals surface area contributed by atoms with Gasteiger partial charge in [-0.3, -0.25) is 0 Å². The summed E-state index contributed by atoms with van der Waals surface area (Å²) in [5, 5.41) is 10.1. The van der Waals surface area contributed by atoms with Crippen LogP contribution in [0.3, 0.4) is 0 Å². The molecule has 1 heterocycles. The molecule has 2 aliphatic rings. The molecule has 39 heavy (non-hydrogen) atoms. The van der Waals surface area contributed by atoms with Gasteiger partial charge in [0.1, 0.15) is 0 Å². The fourth-order valence-electron chi connectivity index (χ4n) is 5.52. The SMILES string of the molecule is C=C1CC2CC(Oc3cc(C(=O)O)ccc3OC)=Nc3cc(-c4ccc(-c5ccccc5)cc4)c(Cl)cc3C12. The molecule has 0 bridgehead atoms. The Morgan fingerprint density at radius 1 is 0.923 bits per heavy atom. The second kappa shape index (κ2) is 10.1. The second-order valence-electron chi connectivity index (χ2n) is 9.92. The summed E-state index contributed by atoms with van der Waals surface area (Å²) >= 11 is 6.86. The van der Waals surface area contributed by atoms with Gasteiger partial charge < -0.3 is 14.6 Å². The number of benzene rings is 4. The highest BCUT2D eigenvalue weighted by molar-refractivity contribution is 6.33. The second-order valence-corrected chi connectivity index (χ2v) is 10.3. The molecule has 0 amide bonds. The lowest BCUT2D eigenvalue weighted by molar-refractivity contribution is 0.0696. The summed E-state index contributed by atoms with van der Waals surface area (Å²) in [4.78, 5) is 16.5. The van der Waals surface area contributed by atoms with E-state index in [9.17, 15) is 9.90 Å². The number of carboxylic acids is 1. The number of carbonyl (C=O) groups is 1. The molecule has 194 valence electrons. The van der Waals surface area contributed by atoms with E-state index in [-0.39, 0.29) is 17.4 Å². The summed E-state index contributed by atoms with van der Waals surface area (Å²) in [5.74, 6) is 0.646. The molecule has 1 saturated carbocycles. The maximum atomic E-state index is 11.6. The van der Waals surface area contributed by atoms with Gasteiger partial charge in [-0.1, -0.05) is 78.4 Å². The summed E-state index contributed by atoms with van der Waals surface area (Å²) in [6, 6.07) is 27.1. The fraction of sp³-hybridized carbons (Fsp3) is 0.152. The molecule has 5 nitrogen and oxygen atoms in total. The van der Waals surface area contributed by atoms with Crippen LogP contribution in [0.4, 0.5) is 5.69 Å². The Kier molecular flexibility index (Phi) is 6.45.